The van der Waals surface area contributed by atoms with E-state index in [1.54, 1.807) is 18.2 Å². The van der Waals surface area contributed by atoms with Crippen LogP contribution in [0.15, 0.2) is 75.7 Å². The summed E-state index contributed by atoms with van der Waals surface area (Å²) in [6.07, 6.45) is 2.83. The molecule has 0 N–H and O–H groups in total. The van der Waals surface area contributed by atoms with Crippen LogP contribution in [-0.4, -0.2) is 8.42 Å². The first kappa shape index (κ1) is 28.1. The third-order valence-electron chi connectivity index (χ3n) is 8.22. The summed E-state index contributed by atoms with van der Waals surface area (Å²) in [7, 11) is -4.05. The van der Waals surface area contributed by atoms with Gasteiger partial charge < -0.3 is 0 Å². The lowest BCUT2D eigenvalue weighted by molar-refractivity contribution is 0.600. The molecule has 0 spiro atoms. The van der Waals surface area contributed by atoms with Gasteiger partial charge in [-0.15, -0.1) is 0 Å². The molecule has 3 aromatic carbocycles. The molecule has 0 saturated heterocycles. The van der Waals surface area contributed by atoms with Crippen LogP contribution in [0.2, 0.25) is 0 Å². The summed E-state index contributed by atoms with van der Waals surface area (Å²) in [4.78, 5) is 1.84. The molecule has 206 valence electrons. The van der Waals surface area contributed by atoms with Gasteiger partial charge in [-0.2, -0.15) is 10.5 Å². The number of fused-ring (bicyclic) bond motifs is 1. The molecule has 0 amide bonds. The minimum absolute atomic E-state index is 0.0423. The van der Waals surface area contributed by atoms with E-state index in [1.165, 1.54) is 28.3 Å². The number of hydrogen-bond donors (Lipinski definition) is 0. The lowest BCUT2D eigenvalue weighted by Gasteiger charge is -2.42. The Balaban J connectivity index is 1.86. The lowest BCUT2D eigenvalue weighted by Crippen LogP contribution is -2.35. The highest BCUT2D eigenvalue weighted by atomic mass is 32.2. The zero-order valence-electron chi connectivity index (χ0n) is 24.8. The van der Waals surface area contributed by atoms with Crippen molar-refractivity contribution in [3.05, 3.63) is 115 Å². The van der Waals surface area contributed by atoms with E-state index >= 15 is 0 Å². The zero-order valence-corrected chi connectivity index (χ0v) is 25.6. The van der Waals surface area contributed by atoms with Crippen molar-refractivity contribution >= 4 is 21.2 Å². The van der Waals surface area contributed by atoms with Gasteiger partial charge in [0.15, 0.2) is 0 Å². The molecule has 0 unspecified atom stereocenters. The SMILES string of the molecule is Cc1cc(C)c(-c2ccc3c(c2)C(C)(C)C2=C(N3c3c(C)cc(C)cc3C)S(=O)(=O)C(C=C(C#N)C#N)=C2)c(C)c1. The predicted octanol–water partition coefficient (Wildman–Crippen LogP) is 8.13. The number of benzene rings is 3. The van der Waals surface area contributed by atoms with E-state index in [0.29, 0.717) is 5.57 Å². The largest absolute Gasteiger partial charge is 0.299 e. The Morgan fingerprint density at radius 2 is 1.37 bits per heavy atom. The van der Waals surface area contributed by atoms with Gasteiger partial charge in [0.05, 0.1) is 16.3 Å². The van der Waals surface area contributed by atoms with E-state index in [2.05, 4.69) is 57.2 Å². The van der Waals surface area contributed by atoms with Gasteiger partial charge in [-0.1, -0.05) is 55.3 Å². The van der Waals surface area contributed by atoms with Gasteiger partial charge in [0.25, 0.3) is 0 Å². The highest BCUT2D eigenvalue weighted by Crippen LogP contribution is 2.55. The maximum atomic E-state index is 14.2. The number of anilines is 2. The monoisotopic (exact) mass is 559 g/mol. The maximum Gasteiger partial charge on any atom is 0.222 e. The predicted molar refractivity (Wildman–Crippen MR) is 165 cm³/mol. The minimum atomic E-state index is -4.05. The van der Waals surface area contributed by atoms with Crippen molar-refractivity contribution in [1.82, 2.24) is 0 Å². The Morgan fingerprint density at radius 3 is 1.90 bits per heavy atom. The maximum absolute atomic E-state index is 14.2. The summed E-state index contributed by atoms with van der Waals surface area (Å²) >= 11 is 0. The van der Waals surface area contributed by atoms with Crippen LogP contribution < -0.4 is 4.90 Å². The lowest BCUT2D eigenvalue weighted by atomic mass is 9.73. The van der Waals surface area contributed by atoms with Crippen molar-refractivity contribution < 1.29 is 8.42 Å². The third kappa shape index (κ3) is 4.31. The molecule has 0 aromatic heterocycles. The second kappa shape index (κ2) is 9.61. The van der Waals surface area contributed by atoms with Crippen LogP contribution >= 0.6 is 0 Å². The molecule has 0 fully saturated rings. The number of sulfone groups is 1. The summed E-state index contributed by atoms with van der Waals surface area (Å²) in [5.74, 6) is 0. The average Bonchev–Trinajstić information content (AvgIpc) is 3.14. The molecule has 41 heavy (non-hydrogen) atoms. The molecule has 3 aromatic rings. The van der Waals surface area contributed by atoms with Crippen LogP contribution in [0.25, 0.3) is 11.1 Å². The van der Waals surface area contributed by atoms with E-state index in [9.17, 15) is 18.9 Å². The summed E-state index contributed by atoms with van der Waals surface area (Å²) in [6.45, 7) is 16.5. The van der Waals surface area contributed by atoms with Crippen LogP contribution in [0.3, 0.4) is 0 Å². The highest BCUT2D eigenvalue weighted by molar-refractivity contribution is 7.99. The third-order valence-corrected chi connectivity index (χ3v) is 9.99. The second-order valence-corrected chi connectivity index (χ2v) is 13.6. The molecule has 6 heteroatoms. The van der Waals surface area contributed by atoms with Gasteiger partial charge in [-0.05, 0) is 110 Å². The smallest absolute Gasteiger partial charge is 0.222 e. The van der Waals surface area contributed by atoms with Gasteiger partial charge >= 0.3 is 0 Å². The van der Waals surface area contributed by atoms with E-state index in [1.807, 2.05) is 45.6 Å². The fraction of sp³-hybridized carbons (Fsp3) is 0.257. The quantitative estimate of drug-likeness (QED) is 0.303. The van der Waals surface area contributed by atoms with E-state index in [-0.39, 0.29) is 15.5 Å². The molecule has 0 saturated carbocycles. The molecular formula is C35H33N3O2S. The van der Waals surface area contributed by atoms with Gasteiger partial charge in [0.2, 0.25) is 9.84 Å². The Morgan fingerprint density at radius 1 is 0.829 bits per heavy atom. The molecule has 5 rings (SSSR count). The fourth-order valence-electron chi connectivity index (χ4n) is 6.60. The van der Waals surface area contributed by atoms with Gasteiger partial charge in [0.1, 0.15) is 22.7 Å². The average molecular weight is 560 g/mol. The van der Waals surface area contributed by atoms with Gasteiger partial charge in [0, 0.05) is 5.41 Å². The number of nitriles is 2. The fourth-order valence-corrected chi connectivity index (χ4v) is 8.40. The number of allylic oxidation sites excluding steroid dienone is 4. The standard InChI is InChI=1S/C35H33N3O2S/c1-20-11-22(3)32(23(4)12-20)27-9-10-31-29(16-27)35(7,8)30-17-28(15-26(18-36)19-37)41(39,40)34(30)38(31)33-24(5)13-21(2)14-25(33)6/h9-17H,1-8H3. The van der Waals surface area contributed by atoms with Crippen LogP contribution in [0.1, 0.15) is 52.8 Å². The summed E-state index contributed by atoms with van der Waals surface area (Å²) in [6, 6.07) is 18.4. The number of nitrogens with zero attached hydrogens (tertiary/aromatic N) is 3. The molecular weight excluding hydrogens is 526 g/mol. The van der Waals surface area contributed by atoms with E-state index in [4.69, 9.17) is 0 Å². The van der Waals surface area contributed by atoms with Crippen LogP contribution in [0.4, 0.5) is 11.4 Å². The normalized spacial score (nSPS) is 16.3. The molecule has 2 aliphatic heterocycles. The number of hydrogen-bond acceptors (Lipinski definition) is 5. The minimum Gasteiger partial charge on any atom is -0.299 e. The molecule has 0 atom stereocenters. The molecule has 0 radical (unpaired) electrons. The van der Waals surface area contributed by atoms with Crippen molar-refractivity contribution in [2.24, 2.45) is 0 Å². The van der Waals surface area contributed by atoms with Crippen LogP contribution in [0.5, 0.6) is 0 Å². The van der Waals surface area contributed by atoms with E-state index < -0.39 is 15.3 Å². The first-order valence-electron chi connectivity index (χ1n) is 13.6. The van der Waals surface area contributed by atoms with Crippen LogP contribution in [0, 0.1) is 64.2 Å². The van der Waals surface area contributed by atoms with Crippen molar-refractivity contribution in [3.63, 3.8) is 0 Å². The number of rotatable bonds is 3. The summed E-state index contributed by atoms with van der Waals surface area (Å²) in [5.41, 5.74) is 11.2. The summed E-state index contributed by atoms with van der Waals surface area (Å²) in [5, 5.41) is 19.0. The Labute approximate surface area is 243 Å². The van der Waals surface area contributed by atoms with Crippen molar-refractivity contribution in [2.45, 2.75) is 60.8 Å². The molecule has 0 bridgehead atoms. The zero-order chi connectivity index (χ0) is 30.0. The molecule has 2 heterocycles. The Kier molecular flexibility index (Phi) is 6.60. The Hall–Kier alpha value is -4.39. The van der Waals surface area contributed by atoms with Gasteiger partial charge in [-0.3, -0.25) is 4.90 Å². The first-order chi connectivity index (χ1) is 19.2. The Bertz CT molecular complexity index is 1900. The van der Waals surface area contributed by atoms with Gasteiger partial charge in [-0.25, -0.2) is 8.42 Å². The topological polar surface area (TPSA) is 85.0 Å². The van der Waals surface area contributed by atoms with Crippen molar-refractivity contribution in [2.75, 3.05) is 4.90 Å². The van der Waals surface area contributed by atoms with E-state index in [0.717, 1.165) is 39.2 Å². The molecule has 0 aliphatic carbocycles. The molecule has 2 aliphatic rings. The first-order valence-corrected chi connectivity index (χ1v) is 15.0. The summed E-state index contributed by atoms with van der Waals surface area (Å²) < 4.78 is 28.5. The van der Waals surface area contributed by atoms with Crippen molar-refractivity contribution in [1.29, 1.82) is 10.5 Å². The second-order valence-electron chi connectivity index (χ2n) is 11.8. The highest BCUT2D eigenvalue weighted by Gasteiger charge is 2.48. The van der Waals surface area contributed by atoms with Crippen LogP contribution in [-0.2, 0) is 15.3 Å². The number of aryl methyl sites for hydroxylation is 6. The van der Waals surface area contributed by atoms with Crippen molar-refractivity contribution in [3.8, 4) is 23.3 Å². The molecule has 5 nitrogen and oxygen atoms in total.